The minimum absolute atomic E-state index is 0.0964. The molecule has 1 heterocycles. The van der Waals surface area contributed by atoms with E-state index in [1.54, 1.807) is 0 Å². The minimum Gasteiger partial charge on any atom is -0.487 e. The third kappa shape index (κ3) is 4.93. The lowest BCUT2D eigenvalue weighted by Crippen LogP contribution is -2.42. The van der Waals surface area contributed by atoms with E-state index in [1.807, 2.05) is 0 Å². The lowest BCUT2D eigenvalue weighted by molar-refractivity contribution is 0.0520. The number of fused-ring (bicyclic) bond motifs is 1. The molecule has 1 N–H and O–H groups in total. The molecule has 0 unspecified atom stereocenters. The highest BCUT2D eigenvalue weighted by Crippen LogP contribution is 2.46. The van der Waals surface area contributed by atoms with Gasteiger partial charge in [0.15, 0.2) is 0 Å². The molecule has 26 heavy (non-hydrogen) atoms. The third-order valence-corrected chi connectivity index (χ3v) is 6.04. The van der Waals surface area contributed by atoms with Crippen LogP contribution in [0, 0.1) is 17.4 Å². The van der Waals surface area contributed by atoms with Gasteiger partial charge in [0.05, 0.1) is 0 Å². The van der Waals surface area contributed by atoms with Gasteiger partial charge in [-0.2, -0.15) is 0 Å². The molecule has 0 atom stereocenters. The summed E-state index contributed by atoms with van der Waals surface area (Å²) < 4.78 is 6.48. The topological polar surface area (TPSA) is 21.3 Å². The molecule has 0 saturated heterocycles. The van der Waals surface area contributed by atoms with Crippen molar-refractivity contribution in [3.8, 4) is 17.2 Å². The molecule has 3 rings (SSSR count). The van der Waals surface area contributed by atoms with Gasteiger partial charge in [-0.05, 0) is 63.1 Å². The van der Waals surface area contributed by atoms with Crippen LogP contribution in [0.25, 0.3) is 0 Å². The van der Waals surface area contributed by atoms with Gasteiger partial charge in [-0.1, -0.05) is 39.4 Å². The van der Waals surface area contributed by atoms with Crippen molar-refractivity contribution in [3.63, 3.8) is 0 Å². The maximum absolute atomic E-state index is 6.48. The van der Waals surface area contributed by atoms with Crippen molar-refractivity contribution < 1.29 is 4.74 Å². The lowest BCUT2D eigenvalue weighted by atomic mass is 9.72. The Labute approximate surface area is 161 Å². The summed E-state index contributed by atoms with van der Waals surface area (Å²) >= 11 is 0. The van der Waals surface area contributed by atoms with Crippen molar-refractivity contribution in [2.24, 2.45) is 5.92 Å². The predicted octanol–water partition coefficient (Wildman–Crippen LogP) is 5.25. The van der Waals surface area contributed by atoms with Gasteiger partial charge in [0.1, 0.15) is 19.4 Å². The van der Waals surface area contributed by atoms with Crippen molar-refractivity contribution in [2.75, 3.05) is 6.54 Å². The molecule has 2 nitrogen and oxygen atoms in total. The first-order valence-electron chi connectivity index (χ1n) is 10.1. The van der Waals surface area contributed by atoms with Crippen molar-refractivity contribution in [1.29, 1.82) is 0 Å². The monoisotopic (exact) mass is 369 g/mol. The largest absolute Gasteiger partial charge is 0.487 e. The van der Waals surface area contributed by atoms with Gasteiger partial charge in [-0.25, -0.2) is 0 Å². The molecule has 0 radical (unpaired) electrons. The Bertz CT molecular complexity index is 742. The average Bonchev–Trinajstić information content (AvgIpc) is 3.27. The van der Waals surface area contributed by atoms with E-state index in [0.29, 0.717) is 0 Å². The van der Waals surface area contributed by atoms with Gasteiger partial charge in [-0.3, -0.25) is 0 Å². The van der Waals surface area contributed by atoms with Crippen LogP contribution in [0.4, 0.5) is 0 Å². The quantitative estimate of drug-likeness (QED) is 0.578. The molecule has 0 bridgehead atoms. The Kier molecular flexibility index (Phi) is 5.05. The molecule has 1 aromatic rings. The summed E-state index contributed by atoms with van der Waals surface area (Å²) in [5.41, 5.74) is 7.23. The Morgan fingerprint density at radius 2 is 1.85 bits per heavy atom. The summed E-state index contributed by atoms with van der Waals surface area (Å²) in [7, 11) is -1.39. The number of rotatable bonds is 4. The van der Waals surface area contributed by atoms with Crippen molar-refractivity contribution >= 4 is 8.07 Å². The van der Waals surface area contributed by atoms with Gasteiger partial charge in [0.25, 0.3) is 0 Å². The number of hydrogen-bond donors (Lipinski definition) is 1. The molecule has 1 aliphatic heterocycles. The van der Waals surface area contributed by atoms with Gasteiger partial charge in [0.2, 0.25) is 0 Å². The fourth-order valence-corrected chi connectivity index (χ4v) is 4.50. The van der Waals surface area contributed by atoms with E-state index in [4.69, 9.17) is 4.74 Å². The molecule has 2 aliphatic rings. The summed E-state index contributed by atoms with van der Waals surface area (Å²) in [5.74, 6) is 5.45. The lowest BCUT2D eigenvalue weighted by Gasteiger charge is -2.43. The summed E-state index contributed by atoms with van der Waals surface area (Å²) in [6.45, 7) is 18.0. The Morgan fingerprint density at radius 1 is 1.15 bits per heavy atom. The van der Waals surface area contributed by atoms with E-state index in [9.17, 15) is 0 Å². The second-order valence-corrected chi connectivity index (χ2v) is 15.3. The second kappa shape index (κ2) is 6.73. The fourth-order valence-electron chi connectivity index (χ4n) is 3.98. The Morgan fingerprint density at radius 3 is 2.46 bits per heavy atom. The van der Waals surface area contributed by atoms with Crippen LogP contribution in [0.3, 0.4) is 0 Å². The first-order chi connectivity index (χ1) is 12.0. The molecule has 1 aromatic carbocycles. The molecular weight excluding hydrogens is 334 g/mol. The Hall–Kier alpha value is -1.24. The zero-order valence-electron chi connectivity index (χ0n) is 17.7. The molecule has 0 aromatic heterocycles. The molecule has 3 heteroatoms. The average molecular weight is 370 g/mol. The van der Waals surface area contributed by atoms with Crippen LogP contribution in [0.15, 0.2) is 12.1 Å². The number of benzene rings is 1. The van der Waals surface area contributed by atoms with Crippen LogP contribution < -0.4 is 10.1 Å². The summed E-state index contributed by atoms with van der Waals surface area (Å²) in [6, 6.07) is 4.53. The first kappa shape index (κ1) is 19.5. The highest BCUT2D eigenvalue weighted by atomic mass is 28.3. The molecule has 1 fully saturated rings. The number of ether oxygens (including phenoxy) is 1. The van der Waals surface area contributed by atoms with Crippen LogP contribution in [0.2, 0.25) is 19.6 Å². The normalized spacial score (nSPS) is 20.6. The van der Waals surface area contributed by atoms with Crippen LogP contribution in [0.1, 0.15) is 63.6 Å². The maximum atomic E-state index is 6.48. The van der Waals surface area contributed by atoms with E-state index in [-0.39, 0.29) is 11.0 Å². The van der Waals surface area contributed by atoms with Crippen LogP contribution in [-0.2, 0) is 12.0 Å². The SMILES string of the molecule is CC1(C)CC(C)(C)c2cc(C#C[Si](C)(C)C)cc(CNCC3CC3)c2O1. The second-order valence-electron chi connectivity index (χ2n) is 10.5. The van der Waals surface area contributed by atoms with Crippen molar-refractivity contribution in [2.45, 2.75) is 84.2 Å². The summed E-state index contributed by atoms with van der Waals surface area (Å²) in [4.78, 5) is 0. The van der Waals surface area contributed by atoms with E-state index in [2.05, 4.69) is 76.2 Å². The third-order valence-electron chi connectivity index (χ3n) is 5.17. The van der Waals surface area contributed by atoms with Crippen LogP contribution in [-0.4, -0.2) is 20.2 Å². The predicted molar refractivity (Wildman–Crippen MR) is 113 cm³/mol. The molecular formula is C23H35NOSi. The molecule has 1 saturated carbocycles. The van der Waals surface area contributed by atoms with Crippen molar-refractivity contribution in [1.82, 2.24) is 5.32 Å². The van der Waals surface area contributed by atoms with Crippen LogP contribution in [0.5, 0.6) is 5.75 Å². The highest BCUT2D eigenvalue weighted by Gasteiger charge is 2.40. The Balaban J connectivity index is 1.99. The zero-order valence-corrected chi connectivity index (χ0v) is 18.7. The minimum atomic E-state index is -1.39. The van der Waals surface area contributed by atoms with E-state index in [1.165, 1.54) is 24.0 Å². The van der Waals surface area contributed by atoms with Gasteiger partial charge in [0, 0.05) is 23.2 Å². The smallest absolute Gasteiger partial charge is 0.129 e. The summed E-state index contributed by atoms with van der Waals surface area (Å²) in [6.07, 6.45) is 3.78. The fraction of sp³-hybridized carbons (Fsp3) is 0.652. The van der Waals surface area contributed by atoms with Gasteiger partial charge < -0.3 is 10.1 Å². The number of hydrogen-bond acceptors (Lipinski definition) is 2. The molecule has 1 aliphatic carbocycles. The van der Waals surface area contributed by atoms with Crippen LogP contribution >= 0.6 is 0 Å². The molecule has 0 spiro atoms. The first-order valence-corrected chi connectivity index (χ1v) is 13.6. The van der Waals surface area contributed by atoms with E-state index < -0.39 is 8.07 Å². The molecule has 142 valence electrons. The van der Waals surface area contributed by atoms with E-state index in [0.717, 1.165) is 36.7 Å². The molecule has 0 amide bonds. The zero-order chi connectivity index (χ0) is 19.2. The van der Waals surface area contributed by atoms with Gasteiger partial charge >= 0.3 is 0 Å². The standard InChI is InChI=1S/C23H35NOSi/c1-22(2)16-23(3,4)25-21-19(15-24-14-17-8-9-17)12-18(13-20(21)22)10-11-26(5,6)7/h12-13,17,24H,8-9,14-16H2,1-7H3. The maximum Gasteiger partial charge on any atom is 0.129 e. The van der Waals surface area contributed by atoms with Crippen molar-refractivity contribution in [3.05, 3.63) is 28.8 Å². The van der Waals surface area contributed by atoms with E-state index >= 15 is 0 Å². The summed E-state index contributed by atoms with van der Waals surface area (Å²) in [5, 5.41) is 3.65. The van der Waals surface area contributed by atoms with Gasteiger partial charge in [-0.15, -0.1) is 5.54 Å². The number of nitrogens with one attached hydrogen (secondary N) is 1. The highest BCUT2D eigenvalue weighted by molar-refractivity contribution is 6.83.